The fourth-order valence-electron chi connectivity index (χ4n) is 2.69. The largest absolute Gasteiger partial charge is 0.290 e. The molecule has 0 saturated carbocycles. The van der Waals surface area contributed by atoms with Crippen LogP contribution in [-0.4, -0.2) is 33.2 Å². The molecular weight excluding hydrogens is 335 g/mol. The fourth-order valence-corrected chi connectivity index (χ4v) is 3.73. The zero-order valence-corrected chi connectivity index (χ0v) is 11.9. The maximum absolute atomic E-state index is 5.89. The third kappa shape index (κ3) is 2.10. The van der Waals surface area contributed by atoms with Crippen LogP contribution in [0.5, 0.6) is 0 Å². The molecule has 0 amide bonds. The minimum Gasteiger partial charge on any atom is -0.290 e. The molecule has 1 aromatic carbocycles. The summed E-state index contributed by atoms with van der Waals surface area (Å²) in [4.78, 5) is 2.62. The number of halogens is 2. The average molecular weight is 349 g/mol. The van der Waals surface area contributed by atoms with Gasteiger partial charge in [-0.3, -0.25) is 4.90 Å². The van der Waals surface area contributed by atoms with Crippen LogP contribution in [0, 0.1) is 0 Å². The van der Waals surface area contributed by atoms with Crippen LogP contribution in [0.2, 0.25) is 5.02 Å². The van der Waals surface area contributed by atoms with Crippen molar-refractivity contribution in [3.63, 3.8) is 0 Å². The van der Waals surface area contributed by atoms with Crippen LogP contribution in [0.4, 0.5) is 0 Å². The average Bonchev–Trinajstić information content (AvgIpc) is 2.28. The molecule has 2 saturated heterocycles. The molecule has 1 aromatic rings. The molecule has 2 aliphatic rings. The summed E-state index contributed by atoms with van der Waals surface area (Å²) in [6.45, 7) is 3.51. The SMILES string of the molecule is Clc1ccc(CN2C3CC2CN(I)C3)cc1. The highest BCUT2D eigenvalue weighted by atomic mass is 127. The minimum absolute atomic E-state index is 0.770. The van der Waals surface area contributed by atoms with Gasteiger partial charge in [0.15, 0.2) is 0 Å². The highest BCUT2D eigenvalue weighted by Crippen LogP contribution is 2.34. The van der Waals surface area contributed by atoms with Crippen molar-refractivity contribution in [1.29, 1.82) is 0 Å². The number of benzene rings is 1. The minimum atomic E-state index is 0.770. The molecule has 3 rings (SSSR count). The lowest BCUT2D eigenvalue weighted by Crippen LogP contribution is -2.66. The number of rotatable bonds is 2. The fraction of sp³-hybridized carbons (Fsp3) is 0.500. The molecule has 2 fully saturated rings. The third-order valence-corrected chi connectivity index (χ3v) is 4.62. The first kappa shape index (κ1) is 11.3. The smallest absolute Gasteiger partial charge is 0.0406 e. The second-order valence-corrected chi connectivity index (χ2v) is 6.47. The molecule has 0 radical (unpaired) electrons. The lowest BCUT2D eigenvalue weighted by molar-refractivity contribution is -0.0421. The van der Waals surface area contributed by atoms with Gasteiger partial charge in [0.05, 0.1) is 0 Å². The van der Waals surface area contributed by atoms with Crippen molar-refractivity contribution >= 4 is 34.5 Å². The molecule has 0 aliphatic carbocycles. The quantitative estimate of drug-likeness (QED) is 0.599. The van der Waals surface area contributed by atoms with Crippen molar-refractivity contribution in [2.45, 2.75) is 25.0 Å². The lowest BCUT2D eigenvalue weighted by atomic mass is 9.88. The van der Waals surface area contributed by atoms with Gasteiger partial charge >= 0.3 is 0 Å². The molecule has 0 spiro atoms. The van der Waals surface area contributed by atoms with Crippen LogP contribution in [-0.2, 0) is 6.54 Å². The van der Waals surface area contributed by atoms with Gasteiger partial charge in [-0.15, -0.1) is 0 Å². The number of piperazine rings is 1. The molecule has 4 heteroatoms. The van der Waals surface area contributed by atoms with E-state index in [1.54, 1.807) is 0 Å². The lowest BCUT2D eigenvalue weighted by Gasteiger charge is -2.55. The Morgan fingerprint density at radius 3 is 2.44 bits per heavy atom. The Morgan fingerprint density at radius 2 is 1.81 bits per heavy atom. The van der Waals surface area contributed by atoms with Crippen LogP contribution in [0.25, 0.3) is 0 Å². The zero-order chi connectivity index (χ0) is 11.1. The standard InChI is InChI=1S/C12H14ClIN2/c13-10-3-1-9(2-4-10)6-16-11-5-12(16)8-15(14)7-11/h1-4,11-12H,5-8H2. The van der Waals surface area contributed by atoms with E-state index in [1.807, 2.05) is 12.1 Å². The van der Waals surface area contributed by atoms with E-state index in [1.165, 1.54) is 25.1 Å². The number of fused-ring (bicyclic) bond motifs is 2. The van der Waals surface area contributed by atoms with E-state index in [2.05, 4.69) is 43.0 Å². The molecule has 0 N–H and O–H groups in total. The summed E-state index contributed by atoms with van der Waals surface area (Å²) in [5.74, 6) is 0. The molecular formula is C12H14ClIN2. The van der Waals surface area contributed by atoms with Crippen molar-refractivity contribution in [1.82, 2.24) is 8.01 Å². The van der Waals surface area contributed by atoms with Gasteiger partial charge in [-0.05, 0) is 24.1 Å². The van der Waals surface area contributed by atoms with Gasteiger partial charge < -0.3 is 0 Å². The Hall–Kier alpha value is 0.160. The Morgan fingerprint density at radius 1 is 1.19 bits per heavy atom. The van der Waals surface area contributed by atoms with Gasteiger partial charge in [0.2, 0.25) is 0 Å². The number of nitrogens with zero attached hydrogens (tertiary/aromatic N) is 2. The molecule has 2 aliphatic heterocycles. The molecule has 86 valence electrons. The van der Waals surface area contributed by atoms with Crippen LogP contribution in [0.15, 0.2) is 24.3 Å². The van der Waals surface area contributed by atoms with Gasteiger partial charge in [0.25, 0.3) is 0 Å². The van der Waals surface area contributed by atoms with E-state index in [-0.39, 0.29) is 0 Å². The highest BCUT2D eigenvalue weighted by Gasteiger charge is 2.43. The van der Waals surface area contributed by atoms with Gasteiger partial charge in [0, 0.05) is 59.6 Å². The van der Waals surface area contributed by atoms with E-state index < -0.39 is 0 Å². The normalized spacial score (nSPS) is 30.1. The second kappa shape index (κ2) is 4.44. The predicted octanol–water partition coefficient (Wildman–Crippen LogP) is 2.95. The van der Waals surface area contributed by atoms with E-state index in [0.29, 0.717) is 0 Å². The summed E-state index contributed by atoms with van der Waals surface area (Å²) in [6, 6.07) is 9.78. The van der Waals surface area contributed by atoms with Gasteiger partial charge in [-0.25, -0.2) is 3.11 Å². The van der Waals surface area contributed by atoms with Gasteiger partial charge in [0.1, 0.15) is 0 Å². The third-order valence-electron chi connectivity index (χ3n) is 3.58. The van der Waals surface area contributed by atoms with E-state index >= 15 is 0 Å². The molecule has 2 bridgehead atoms. The van der Waals surface area contributed by atoms with Crippen molar-refractivity contribution in [2.75, 3.05) is 13.1 Å². The van der Waals surface area contributed by atoms with E-state index in [4.69, 9.17) is 11.6 Å². The monoisotopic (exact) mass is 348 g/mol. The first-order valence-corrected chi connectivity index (χ1v) is 6.97. The van der Waals surface area contributed by atoms with Crippen molar-refractivity contribution in [3.8, 4) is 0 Å². The van der Waals surface area contributed by atoms with Crippen molar-refractivity contribution in [2.24, 2.45) is 0 Å². The highest BCUT2D eigenvalue weighted by molar-refractivity contribution is 14.1. The molecule has 2 heterocycles. The Labute approximate surface area is 115 Å². The molecule has 16 heavy (non-hydrogen) atoms. The Balaban J connectivity index is 1.66. The number of hydrogen-bond donors (Lipinski definition) is 0. The van der Waals surface area contributed by atoms with E-state index in [0.717, 1.165) is 23.7 Å². The van der Waals surface area contributed by atoms with Crippen LogP contribution in [0.1, 0.15) is 12.0 Å². The van der Waals surface area contributed by atoms with Crippen molar-refractivity contribution in [3.05, 3.63) is 34.9 Å². The molecule has 2 nitrogen and oxygen atoms in total. The summed E-state index contributed by atoms with van der Waals surface area (Å²) in [5.41, 5.74) is 1.38. The molecule has 2 unspecified atom stereocenters. The summed E-state index contributed by atoms with van der Waals surface area (Å²) < 4.78 is 2.41. The first-order valence-electron chi connectivity index (χ1n) is 5.63. The number of piperidine rings is 1. The zero-order valence-electron chi connectivity index (χ0n) is 8.94. The van der Waals surface area contributed by atoms with Crippen molar-refractivity contribution < 1.29 is 0 Å². The summed E-state index contributed by atoms with van der Waals surface area (Å²) >= 11 is 8.33. The summed E-state index contributed by atoms with van der Waals surface area (Å²) in [7, 11) is 0. The topological polar surface area (TPSA) is 6.48 Å². The summed E-state index contributed by atoms with van der Waals surface area (Å²) in [5, 5.41) is 0.825. The van der Waals surface area contributed by atoms with Crippen LogP contribution < -0.4 is 0 Å². The maximum atomic E-state index is 5.89. The van der Waals surface area contributed by atoms with Crippen LogP contribution in [0.3, 0.4) is 0 Å². The summed E-state index contributed by atoms with van der Waals surface area (Å²) in [6.07, 6.45) is 1.38. The molecule has 0 aromatic heterocycles. The van der Waals surface area contributed by atoms with Crippen LogP contribution >= 0.6 is 34.5 Å². The molecule has 2 atom stereocenters. The Kier molecular flexibility index (Phi) is 3.13. The number of hydrogen-bond acceptors (Lipinski definition) is 2. The Bertz CT molecular complexity index is 369. The van der Waals surface area contributed by atoms with E-state index in [9.17, 15) is 0 Å². The second-order valence-electron chi connectivity index (χ2n) is 4.67. The predicted molar refractivity (Wildman–Crippen MR) is 74.8 cm³/mol. The van der Waals surface area contributed by atoms with Gasteiger partial charge in [-0.1, -0.05) is 23.7 Å². The first-order chi connectivity index (χ1) is 7.72. The number of likely N-dealkylation sites (tertiary alicyclic amines) is 1. The maximum Gasteiger partial charge on any atom is 0.0406 e. The van der Waals surface area contributed by atoms with Gasteiger partial charge in [-0.2, -0.15) is 0 Å².